The van der Waals surface area contributed by atoms with E-state index in [0.717, 1.165) is 57.8 Å². The molecule has 6 rings (SSSR count). The number of aromatic nitrogens is 1. The van der Waals surface area contributed by atoms with Crippen LogP contribution in [-0.2, 0) is 24.3 Å². The number of carbonyl (C=O) groups is 1. The SMILES string of the molecule is COc1ccc(SCCC(=O)Nc2sc3c(c2-c2nc4ccccc4s2)CCN(Cc2ccccc2)C3)cc1. The summed E-state index contributed by atoms with van der Waals surface area (Å²) in [5, 5.41) is 5.20. The quantitative estimate of drug-likeness (QED) is 0.184. The number of para-hydroxylation sites is 1. The monoisotopic (exact) mass is 571 g/mol. The predicted octanol–water partition coefficient (Wildman–Crippen LogP) is 7.71. The van der Waals surface area contributed by atoms with Crippen molar-refractivity contribution in [3.8, 4) is 16.3 Å². The lowest BCUT2D eigenvalue weighted by atomic mass is 10.0. The molecule has 0 saturated heterocycles. The maximum atomic E-state index is 13.1. The molecule has 3 heterocycles. The minimum Gasteiger partial charge on any atom is -0.497 e. The molecule has 5 aromatic rings. The Labute approximate surface area is 240 Å². The van der Waals surface area contributed by atoms with Crippen LogP contribution in [0.1, 0.15) is 22.4 Å². The average Bonchev–Trinajstić information content (AvgIpc) is 3.54. The molecule has 1 amide bonds. The summed E-state index contributed by atoms with van der Waals surface area (Å²) in [5.41, 5.74) is 4.79. The zero-order chi connectivity index (χ0) is 26.6. The minimum atomic E-state index is 0.0399. The van der Waals surface area contributed by atoms with Crippen LogP contribution in [0.25, 0.3) is 20.8 Å². The fourth-order valence-electron chi connectivity index (χ4n) is 4.85. The van der Waals surface area contributed by atoms with Crippen LogP contribution in [0.15, 0.2) is 83.8 Å². The van der Waals surface area contributed by atoms with Crippen molar-refractivity contribution >= 4 is 55.6 Å². The van der Waals surface area contributed by atoms with Gasteiger partial charge in [0.05, 0.1) is 17.3 Å². The van der Waals surface area contributed by atoms with Crippen LogP contribution >= 0.6 is 34.4 Å². The molecule has 0 bridgehead atoms. The summed E-state index contributed by atoms with van der Waals surface area (Å²) in [6.07, 6.45) is 1.39. The van der Waals surface area contributed by atoms with Crippen molar-refractivity contribution in [2.45, 2.75) is 30.8 Å². The van der Waals surface area contributed by atoms with Crippen molar-refractivity contribution in [2.75, 3.05) is 24.7 Å². The molecule has 198 valence electrons. The van der Waals surface area contributed by atoms with E-state index in [4.69, 9.17) is 9.72 Å². The lowest BCUT2D eigenvalue weighted by Gasteiger charge is -2.27. The largest absolute Gasteiger partial charge is 0.497 e. The van der Waals surface area contributed by atoms with E-state index in [0.29, 0.717) is 12.2 Å². The Morgan fingerprint density at radius 3 is 2.62 bits per heavy atom. The molecule has 0 unspecified atom stereocenters. The Kier molecular flexibility index (Phi) is 7.97. The number of nitrogens with one attached hydrogen (secondary N) is 1. The maximum absolute atomic E-state index is 13.1. The van der Waals surface area contributed by atoms with Crippen molar-refractivity contribution in [2.24, 2.45) is 0 Å². The van der Waals surface area contributed by atoms with Crippen LogP contribution < -0.4 is 10.1 Å². The molecule has 0 fully saturated rings. The van der Waals surface area contributed by atoms with Gasteiger partial charge in [-0.25, -0.2) is 4.98 Å². The van der Waals surface area contributed by atoms with Gasteiger partial charge in [-0.2, -0.15) is 0 Å². The van der Waals surface area contributed by atoms with Gasteiger partial charge in [0.2, 0.25) is 5.91 Å². The lowest BCUT2D eigenvalue weighted by molar-refractivity contribution is -0.115. The number of hydrogen-bond acceptors (Lipinski definition) is 7. The lowest BCUT2D eigenvalue weighted by Crippen LogP contribution is -2.29. The predicted molar refractivity (Wildman–Crippen MR) is 164 cm³/mol. The number of carbonyl (C=O) groups excluding carboxylic acids is 1. The molecule has 3 aromatic carbocycles. The highest BCUT2D eigenvalue weighted by molar-refractivity contribution is 7.99. The van der Waals surface area contributed by atoms with Gasteiger partial charge in [-0.1, -0.05) is 42.5 Å². The normalized spacial score (nSPS) is 13.4. The Hall–Kier alpha value is -3.17. The first kappa shape index (κ1) is 26.1. The van der Waals surface area contributed by atoms with Gasteiger partial charge in [0.25, 0.3) is 0 Å². The Morgan fingerprint density at radius 1 is 1.03 bits per heavy atom. The molecule has 1 aliphatic heterocycles. The van der Waals surface area contributed by atoms with Crippen molar-refractivity contribution < 1.29 is 9.53 Å². The number of thiophene rings is 1. The fourth-order valence-corrected chi connectivity index (χ4v) is 8.12. The molecule has 39 heavy (non-hydrogen) atoms. The number of thiazole rings is 1. The number of thioether (sulfide) groups is 1. The van der Waals surface area contributed by atoms with Crippen molar-refractivity contribution in [3.63, 3.8) is 0 Å². The third-order valence-corrected chi connectivity index (χ3v) is 10.0. The number of fused-ring (bicyclic) bond motifs is 2. The maximum Gasteiger partial charge on any atom is 0.225 e. The molecule has 1 N–H and O–H groups in total. The molecule has 2 aromatic heterocycles. The number of methoxy groups -OCH3 is 1. The fraction of sp³-hybridized carbons (Fsp3) is 0.226. The molecule has 1 aliphatic rings. The van der Waals surface area contributed by atoms with Gasteiger partial charge in [0.1, 0.15) is 15.8 Å². The summed E-state index contributed by atoms with van der Waals surface area (Å²) < 4.78 is 6.41. The van der Waals surface area contributed by atoms with E-state index in [1.807, 2.05) is 30.3 Å². The average molecular weight is 572 g/mol. The first-order chi connectivity index (χ1) is 19.2. The molecule has 0 aliphatic carbocycles. The molecule has 0 spiro atoms. The molecule has 5 nitrogen and oxygen atoms in total. The van der Waals surface area contributed by atoms with Crippen molar-refractivity contribution in [1.29, 1.82) is 0 Å². The highest BCUT2D eigenvalue weighted by atomic mass is 32.2. The van der Waals surface area contributed by atoms with Gasteiger partial charge in [0.15, 0.2) is 0 Å². The van der Waals surface area contributed by atoms with Crippen LogP contribution in [0.2, 0.25) is 0 Å². The molecule has 8 heteroatoms. The number of hydrogen-bond donors (Lipinski definition) is 1. The van der Waals surface area contributed by atoms with Crippen molar-refractivity contribution in [1.82, 2.24) is 9.88 Å². The standard InChI is InChI=1S/C31H29N3O2S3/c1-36-22-11-13-23(14-12-22)37-18-16-28(35)33-31-29(30-32-25-9-5-6-10-26(25)38-30)24-15-17-34(20-27(24)39-31)19-21-7-3-2-4-8-21/h2-14H,15-20H2,1H3,(H,33,35). The van der Waals surface area contributed by atoms with E-state index >= 15 is 0 Å². The Bertz CT molecular complexity index is 1550. The van der Waals surface area contributed by atoms with Crippen LogP contribution in [0, 0.1) is 0 Å². The number of anilines is 1. The highest BCUT2D eigenvalue weighted by Crippen LogP contribution is 2.46. The third kappa shape index (κ3) is 6.04. The molecular weight excluding hydrogens is 543 g/mol. The summed E-state index contributed by atoms with van der Waals surface area (Å²) in [4.78, 5) is 23.0. The zero-order valence-corrected chi connectivity index (χ0v) is 24.1. The number of benzene rings is 3. The summed E-state index contributed by atoms with van der Waals surface area (Å²) in [6, 6.07) is 26.8. The van der Waals surface area contributed by atoms with Gasteiger partial charge in [-0.05, 0) is 53.9 Å². The van der Waals surface area contributed by atoms with E-state index in [1.54, 1.807) is 41.5 Å². The second-order valence-corrected chi connectivity index (χ2v) is 12.8. The Morgan fingerprint density at radius 2 is 1.82 bits per heavy atom. The van der Waals surface area contributed by atoms with Crippen LogP contribution in [0.5, 0.6) is 5.75 Å². The van der Waals surface area contributed by atoms with Crippen LogP contribution in [0.4, 0.5) is 5.00 Å². The number of amides is 1. The van der Waals surface area contributed by atoms with Crippen LogP contribution in [-0.4, -0.2) is 35.2 Å². The number of rotatable bonds is 9. The van der Waals surface area contributed by atoms with Gasteiger partial charge in [0, 0.05) is 47.1 Å². The Balaban J connectivity index is 1.21. The summed E-state index contributed by atoms with van der Waals surface area (Å²) in [5.74, 6) is 1.59. The molecule has 0 saturated carbocycles. The minimum absolute atomic E-state index is 0.0399. The van der Waals surface area contributed by atoms with Crippen LogP contribution in [0.3, 0.4) is 0 Å². The van der Waals surface area contributed by atoms with E-state index in [-0.39, 0.29) is 5.91 Å². The van der Waals surface area contributed by atoms with E-state index in [2.05, 4.69) is 58.7 Å². The van der Waals surface area contributed by atoms with E-state index < -0.39 is 0 Å². The van der Waals surface area contributed by atoms with Crippen molar-refractivity contribution in [3.05, 3.63) is 94.9 Å². The summed E-state index contributed by atoms with van der Waals surface area (Å²) in [7, 11) is 1.66. The van der Waals surface area contributed by atoms with Gasteiger partial charge < -0.3 is 10.1 Å². The molecular formula is C31H29N3O2S3. The van der Waals surface area contributed by atoms with Gasteiger partial charge >= 0.3 is 0 Å². The van der Waals surface area contributed by atoms with Gasteiger partial charge in [-0.15, -0.1) is 34.4 Å². The van der Waals surface area contributed by atoms with Gasteiger partial charge in [-0.3, -0.25) is 9.69 Å². The number of ether oxygens (including phenoxy) is 1. The molecule has 0 radical (unpaired) electrons. The summed E-state index contributed by atoms with van der Waals surface area (Å²) in [6.45, 7) is 2.80. The second-order valence-electron chi connectivity index (χ2n) is 9.46. The topological polar surface area (TPSA) is 54.5 Å². The first-order valence-corrected chi connectivity index (χ1v) is 15.6. The highest BCUT2D eigenvalue weighted by Gasteiger charge is 2.27. The smallest absolute Gasteiger partial charge is 0.225 e. The summed E-state index contributed by atoms with van der Waals surface area (Å²) >= 11 is 5.10. The first-order valence-electron chi connectivity index (χ1n) is 13.0. The number of nitrogens with zero attached hydrogens (tertiary/aromatic N) is 2. The molecule has 0 atom stereocenters. The third-order valence-electron chi connectivity index (χ3n) is 6.80. The van der Waals surface area contributed by atoms with E-state index in [1.165, 1.54) is 20.7 Å². The zero-order valence-electron chi connectivity index (χ0n) is 21.7. The second kappa shape index (κ2) is 11.9. The van der Waals surface area contributed by atoms with E-state index in [9.17, 15) is 4.79 Å².